The molecule has 0 bridgehead atoms. The fourth-order valence-electron chi connectivity index (χ4n) is 1.86. The molecule has 3 nitrogen and oxygen atoms in total. The Morgan fingerprint density at radius 2 is 2.35 bits per heavy atom. The van der Waals surface area contributed by atoms with Gasteiger partial charge in [-0.1, -0.05) is 0 Å². The normalized spacial score (nSPS) is 23.6. The van der Waals surface area contributed by atoms with E-state index in [0.29, 0.717) is 5.69 Å². The third kappa shape index (κ3) is 2.54. The highest BCUT2D eigenvalue weighted by atomic mass is 32.2. The van der Waals surface area contributed by atoms with Crippen molar-refractivity contribution in [1.82, 2.24) is 0 Å². The maximum atomic E-state index is 12.9. The molecule has 1 amide bonds. The Bertz CT molecular complexity index is 444. The van der Waals surface area contributed by atoms with Crippen molar-refractivity contribution in [2.45, 2.75) is 24.5 Å². The number of nitrogens with one attached hydrogen (secondary N) is 1. The SMILES string of the molecule is CC1(C(=O)Nc2ccc(F)cc2N)CCCS1. The zero-order chi connectivity index (χ0) is 12.5. The topological polar surface area (TPSA) is 55.1 Å². The van der Waals surface area contributed by atoms with Gasteiger partial charge in [-0.05, 0) is 43.7 Å². The zero-order valence-corrected chi connectivity index (χ0v) is 10.4. The molecule has 1 aromatic rings. The van der Waals surface area contributed by atoms with Crippen LogP contribution in [0.1, 0.15) is 19.8 Å². The Hall–Kier alpha value is -1.23. The van der Waals surface area contributed by atoms with E-state index in [1.807, 2.05) is 6.92 Å². The van der Waals surface area contributed by atoms with Gasteiger partial charge in [0.25, 0.3) is 0 Å². The predicted octanol–water partition coefficient (Wildman–Crippen LogP) is 2.63. The highest BCUT2D eigenvalue weighted by molar-refractivity contribution is 8.01. The van der Waals surface area contributed by atoms with Gasteiger partial charge >= 0.3 is 0 Å². The number of carbonyl (C=O) groups is 1. The van der Waals surface area contributed by atoms with Gasteiger partial charge < -0.3 is 11.1 Å². The average Bonchev–Trinajstić information content (AvgIpc) is 2.71. The van der Waals surface area contributed by atoms with Crippen LogP contribution in [0.4, 0.5) is 15.8 Å². The van der Waals surface area contributed by atoms with Crippen LogP contribution in [-0.4, -0.2) is 16.4 Å². The summed E-state index contributed by atoms with van der Waals surface area (Å²) in [5, 5.41) is 2.77. The number of anilines is 2. The molecule has 3 N–H and O–H groups in total. The number of hydrogen-bond donors (Lipinski definition) is 2. The Morgan fingerprint density at radius 1 is 1.59 bits per heavy atom. The van der Waals surface area contributed by atoms with E-state index >= 15 is 0 Å². The molecule has 0 spiro atoms. The maximum Gasteiger partial charge on any atom is 0.240 e. The molecule has 5 heteroatoms. The van der Waals surface area contributed by atoms with Crippen molar-refractivity contribution >= 4 is 29.0 Å². The van der Waals surface area contributed by atoms with Gasteiger partial charge in [-0.3, -0.25) is 4.79 Å². The van der Waals surface area contributed by atoms with Crippen LogP contribution in [0.25, 0.3) is 0 Å². The summed E-state index contributed by atoms with van der Waals surface area (Å²) in [5.41, 5.74) is 6.38. The summed E-state index contributed by atoms with van der Waals surface area (Å²) >= 11 is 1.65. The number of hydrogen-bond acceptors (Lipinski definition) is 3. The van der Waals surface area contributed by atoms with Crippen molar-refractivity contribution in [2.75, 3.05) is 16.8 Å². The summed E-state index contributed by atoms with van der Waals surface area (Å²) in [6.45, 7) is 1.93. The van der Waals surface area contributed by atoms with Gasteiger partial charge in [-0.25, -0.2) is 4.39 Å². The first kappa shape index (κ1) is 12.2. The number of benzene rings is 1. The monoisotopic (exact) mass is 254 g/mol. The second-order valence-electron chi connectivity index (χ2n) is 4.37. The van der Waals surface area contributed by atoms with E-state index in [9.17, 15) is 9.18 Å². The van der Waals surface area contributed by atoms with Crippen LogP contribution in [0.2, 0.25) is 0 Å². The number of halogens is 1. The number of rotatable bonds is 2. The Kier molecular flexibility index (Phi) is 3.28. The van der Waals surface area contributed by atoms with Crippen LogP contribution in [0, 0.1) is 5.82 Å². The standard InChI is InChI=1S/C12H15FN2OS/c1-12(5-2-6-17-12)11(16)15-10-4-3-8(13)7-9(10)14/h3-4,7H,2,5-6,14H2,1H3,(H,15,16). The van der Waals surface area contributed by atoms with Crippen LogP contribution in [-0.2, 0) is 4.79 Å². The van der Waals surface area contributed by atoms with E-state index in [1.54, 1.807) is 11.8 Å². The Labute approximate surface area is 104 Å². The van der Waals surface area contributed by atoms with E-state index in [4.69, 9.17) is 5.73 Å². The highest BCUT2D eigenvalue weighted by Crippen LogP contribution is 2.38. The number of nitrogen functional groups attached to an aromatic ring is 1. The molecule has 0 aliphatic carbocycles. The molecule has 1 aromatic carbocycles. The molecule has 1 saturated heterocycles. The fourth-order valence-corrected chi connectivity index (χ4v) is 3.07. The minimum Gasteiger partial charge on any atom is -0.397 e. The summed E-state index contributed by atoms with van der Waals surface area (Å²) < 4.78 is 12.5. The van der Waals surface area contributed by atoms with Crippen molar-refractivity contribution in [3.05, 3.63) is 24.0 Å². The lowest BCUT2D eigenvalue weighted by Crippen LogP contribution is -2.34. The molecule has 0 radical (unpaired) electrons. The minimum absolute atomic E-state index is 0.0571. The van der Waals surface area contributed by atoms with Crippen molar-refractivity contribution in [1.29, 1.82) is 0 Å². The van der Waals surface area contributed by atoms with Crippen molar-refractivity contribution in [3.63, 3.8) is 0 Å². The molecule has 1 heterocycles. The molecule has 17 heavy (non-hydrogen) atoms. The molecule has 1 fully saturated rings. The molecule has 1 atom stereocenters. The quantitative estimate of drug-likeness (QED) is 0.798. The van der Waals surface area contributed by atoms with Gasteiger partial charge in [0.2, 0.25) is 5.91 Å². The van der Waals surface area contributed by atoms with E-state index in [0.717, 1.165) is 18.6 Å². The van der Waals surface area contributed by atoms with E-state index in [-0.39, 0.29) is 16.3 Å². The van der Waals surface area contributed by atoms with Crippen LogP contribution < -0.4 is 11.1 Å². The van der Waals surface area contributed by atoms with E-state index in [2.05, 4.69) is 5.32 Å². The minimum atomic E-state index is -0.401. The van der Waals surface area contributed by atoms with Crippen molar-refractivity contribution in [3.8, 4) is 0 Å². The first-order chi connectivity index (χ1) is 8.01. The molecule has 1 unspecified atom stereocenters. The predicted molar refractivity (Wildman–Crippen MR) is 69.5 cm³/mol. The molecular weight excluding hydrogens is 239 g/mol. The first-order valence-electron chi connectivity index (χ1n) is 5.52. The average molecular weight is 254 g/mol. The largest absolute Gasteiger partial charge is 0.397 e. The van der Waals surface area contributed by atoms with Gasteiger partial charge in [0.05, 0.1) is 16.1 Å². The van der Waals surface area contributed by atoms with Crippen LogP contribution in [0.3, 0.4) is 0 Å². The summed E-state index contributed by atoms with van der Waals surface area (Å²) in [6, 6.07) is 3.99. The lowest BCUT2D eigenvalue weighted by Gasteiger charge is -2.21. The maximum absolute atomic E-state index is 12.9. The zero-order valence-electron chi connectivity index (χ0n) is 9.63. The second-order valence-corrected chi connectivity index (χ2v) is 5.97. The lowest BCUT2D eigenvalue weighted by molar-refractivity contribution is -0.118. The Morgan fingerprint density at radius 3 is 2.94 bits per heavy atom. The van der Waals surface area contributed by atoms with Crippen LogP contribution in [0.15, 0.2) is 18.2 Å². The molecule has 1 aliphatic rings. The van der Waals surface area contributed by atoms with Gasteiger partial charge in [0.1, 0.15) is 5.82 Å². The summed E-state index contributed by atoms with van der Waals surface area (Å²) in [5.74, 6) is 0.545. The van der Waals surface area contributed by atoms with E-state index < -0.39 is 5.82 Å². The highest BCUT2D eigenvalue weighted by Gasteiger charge is 2.37. The number of thioether (sulfide) groups is 1. The smallest absolute Gasteiger partial charge is 0.240 e. The lowest BCUT2D eigenvalue weighted by atomic mass is 10.0. The van der Waals surface area contributed by atoms with Crippen molar-refractivity contribution < 1.29 is 9.18 Å². The molecule has 92 valence electrons. The van der Waals surface area contributed by atoms with Gasteiger partial charge in [0.15, 0.2) is 0 Å². The molecule has 0 aromatic heterocycles. The summed E-state index contributed by atoms with van der Waals surface area (Å²) in [4.78, 5) is 12.1. The second kappa shape index (κ2) is 4.56. The van der Waals surface area contributed by atoms with E-state index in [1.165, 1.54) is 18.2 Å². The van der Waals surface area contributed by atoms with Crippen molar-refractivity contribution in [2.24, 2.45) is 0 Å². The number of carbonyl (C=O) groups excluding carboxylic acids is 1. The number of amides is 1. The third-order valence-electron chi connectivity index (χ3n) is 2.96. The third-order valence-corrected chi connectivity index (χ3v) is 4.48. The molecular formula is C12H15FN2OS. The van der Waals surface area contributed by atoms with Crippen LogP contribution in [0.5, 0.6) is 0 Å². The fraction of sp³-hybridized carbons (Fsp3) is 0.417. The van der Waals surface area contributed by atoms with Gasteiger partial charge in [0, 0.05) is 0 Å². The molecule has 2 rings (SSSR count). The summed E-state index contributed by atoms with van der Waals surface area (Å²) in [7, 11) is 0. The summed E-state index contributed by atoms with van der Waals surface area (Å²) in [6.07, 6.45) is 1.91. The Balaban J connectivity index is 2.13. The first-order valence-corrected chi connectivity index (χ1v) is 6.50. The molecule has 0 saturated carbocycles. The van der Waals surface area contributed by atoms with Gasteiger partial charge in [-0.2, -0.15) is 0 Å². The van der Waals surface area contributed by atoms with Gasteiger partial charge in [-0.15, -0.1) is 11.8 Å². The van der Waals surface area contributed by atoms with Crippen LogP contribution >= 0.6 is 11.8 Å². The molecule has 1 aliphatic heterocycles. The number of nitrogens with two attached hydrogens (primary N) is 1.